The molecule has 112 valence electrons. The summed E-state index contributed by atoms with van der Waals surface area (Å²) in [4.78, 5) is 18.4. The third kappa shape index (κ3) is 3.78. The van der Waals surface area contributed by atoms with Crippen LogP contribution in [0.5, 0.6) is 0 Å². The Morgan fingerprint density at radius 3 is 2.85 bits per heavy atom. The van der Waals surface area contributed by atoms with Gasteiger partial charge >= 0.3 is 0 Å². The average molecular weight is 295 g/mol. The second kappa shape index (κ2) is 7.72. The van der Waals surface area contributed by atoms with Crippen molar-refractivity contribution in [3.05, 3.63) is 18.2 Å². The van der Waals surface area contributed by atoms with Crippen molar-refractivity contribution in [1.82, 2.24) is 14.5 Å². The first-order valence-electron chi connectivity index (χ1n) is 7.54. The van der Waals surface area contributed by atoms with Crippen LogP contribution in [0.25, 0.3) is 0 Å². The van der Waals surface area contributed by atoms with Crippen LogP contribution in [-0.4, -0.2) is 45.5 Å². The zero-order valence-electron chi connectivity index (χ0n) is 12.5. The molecule has 0 atom stereocenters. The highest BCUT2D eigenvalue weighted by Gasteiger charge is 2.25. The van der Waals surface area contributed by atoms with E-state index < -0.39 is 0 Å². The number of imidazole rings is 1. The fraction of sp³-hybridized carbons (Fsp3) is 0.733. The number of nitrogens with zero attached hydrogens (tertiary/aromatic N) is 3. The number of carbonyl (C=O) groups excluding carboxylic acids is 1. The third-order valence-corrected chi connectivity index (χ3v) is 4.52. The van der Waals surface area contributed by atoms with E-state index in [9.17, 15) is 4.79 Å². The molecule has 5 heteroatoms. The van der Waals surface area contributed by atoms with Gasteiger partial charge in [0.2, 0.25) is 5.91 Å². The molecule has 0 aliphatic carbocycles. The molecule has 1 aliphatic heterocycles. The smallest absolute Gasteiger partial charge is 0.232 e. The van der Waals surface area contributed by atoms with Crippen LogP contribution in [0.4, 0.5) is 0 Å². The summed E-state index contributed by atoms with van der Waals surface area (Å²) in [7, 11) is 0. The number of aryl methyl sites for hydroxylation is 1. The van der Waals surface area contributed by atoms with Gasteiger partial charge in [-0.25, -0.2) is 4.98 Å². The minimum absolute atomic E-state index is 0.283. The average Bonchev–Trinajstić information content (AvgIpc) is 2.94. The highest BCUT2D eigenvalue weighted by Crippen LogP contribution is 2.27. The molecular formula is C15H25N3OS. The predicted molar refractivity (Wildman–Crippen MR) is 84.1 cm³/mol. The van der Waals surface area contributed by atoms with Crippen LogP contribution in [-0.2, 0) is 11.3 Å². The molecule has 1 aromatic rings. The molecule has 0 unspecified atom stereocenters. The number of rotatable bonds is 6. The van der Waals surface area contributed by atoms with Crippen molar-refractivity contribution in [2.24, 2.45) is 0 Å². The SMILES string of the molecule is CCCCn1ccnc1C1CCN(C(=O)CSC)CC1. The van der Waals surface area contributed by atoms with E-state index >= 15 is 0 Å². The fourth-order valence-electron chi connectivity index (χ4n) is 2.80. The summed E-state index contributed by atoms with van der Waals surface area (Å²) in [5.41, 5.74) is 0. The Morgan fingerprint density at radius 2 is 2.20 bits per heavy atom. The molecule has 1 fully saturated rings. The molecule has 0 spiro atoms. The van der Waals surface area contributed by atoms with Crippen molar-refractivity contribution in [2.45, 2.75) is 45.1 Å². The second-order valence-electron chi connectivity index (χ2n) is 5.42. The van der Waals surface area contributed by atoms with Crippen LogP contribution in [0.2, 0.25) is 0 Å². The van der Waals surface area contributed by atoms with Gasteiger partial charge in [0.25, 0.3) is 0 Å². The molecule has 0 saturated carbocycles. The lowest BCUT2D eigenvalue weighted by Crippen LogP contribution is -2.39. The minimum Gasteiger partial charge on any atom is -0.342 e. The fourth-order valence-corrected chi connectivity index (χ4v) is 3.23. The Labute approximate surface area is 125 Å². The van der Waals surface area contributed by atoms with Gasteiger partial charge in [-0.15, -0.1) is 0 Å². The van der Waals surface area contributed by atoms with E-state index in [0.29, 0.717) is 11.7 Å². The molecule has 1 aliphatic rings. The molecule has 1 amide bonds. The molecule has 20 heavy (non-hydrogen) atoms. The number of thioether (sulfide) groups is 1. The van der Waals surface area contributed by atoms with Crippen LogP contribution in [0.1, 0.15) is 44.3 Å². The van der Waals surface area contributed by atoms with Crippen molar-refractivity contribution >= 4 is 17.7 Å². The van der Waals surface area contributed by atoms with Crippen molar-refractivity contribution in [3.8, 4) is 0 Å². The van der Waals surface area contributed by atoms with Crippen molar-refractivity contribution in [1.29, 1.82) is 0 Å². The lowest BCUT2D eigenvalue weighted by molar-refractivity contribution is -0.129. The highest BCUT2D eigenvalue weighted by atomic mass is 32.2. The Bertz CT molecular complexity index is 425. The van der Waals surface area contributed by atoms with E-state index in [1.807, 2.05) is 17.4 Å². The predicted octanol–water partition coefficient (Wildman–Crippen LogP) is 2.75. The topological polar surface area (TPSA) is 38.1 Å². The van der Waals surface area contributed by atoms with E-state index in [1.165, 1.54) is 18.7 Å². The number of amides is 1. The summed E-state index contributed by atoms with van der Waals surface area (Å²) in [6, 6.07) is 0. The molecule has 0 N–H and O–H groups in total. The van der Waals surface area contributed by atoms with E-state index in [1.54, 1.807) is 11.8 Å². The van der Waals surface area contributed by atoms with E-state index in [-0.39, 0.29) is 5.91 Å². The number of hydrogen-bond acceptors (Lipinski definition) is 3. The number of likely N-dealkylation sites (tertiary alicyclic amines) is 1. The van der Waals surface area contributed by atoms with Gasteiger partial charge < -0.3 is 9.47 Å². The highest BCUT2D eigenvalue weighted by molar-refractivity contribution is 7.99. The van der Waals surface area contributed by atoms with Crippen molar-refractivity contribution in [3.63, 3.8) is 0 Å². The molecule has 0 bridgehead atoms. The molecular weight excluding hydrogens is 270 g/mol. The van der Waals surface area contributed by atoms with Gasteiger partial charge in [0.15, 0.2) is 0 Å². The molecule has 2 rings (SSSR count). The quantitative estimate of drug-likeness (QED) is 0.810. The number of carbonyl (C=O) groups is 1. The van der Waals surface area contributed by atoms with Crippen molar-refractivity contribution in [2.75, 3.05) is 25.1 Å². The first kappa shape index (κ1) is 15.4. The number of piperidine rings is 1. The Kier molecular flexibility index (Phi) is 5.95. The van der Waals surface area contributed by atoms with Gasteiger partial charge in [0.1, 0.15) is 5.82 Å². The maximum Gasteiger partial charge on any atom is 0.232 e. The maximum absolute atomic E-state index is 11.9. The molecule has 0 aromatic carbocycles. The Morgan fingerprint density at radius 1 is 1.45 bits per heavy atom. The summed E-state index contributed by atoms with van der Waals surface area (Å²) < 4.78 is 2.30. The van der Waals surface area contributed by atoms with Crippen molar-refractivity contribution < 1.29 is 4.79 Å². The summed E-state index contributed by atoms with van der Waals surface area (Å²) in [5, 5.41) is 0. The standard InChI is InChI=1S/C15H25N3OS/c1-3-4-8-18-11-7-16-15(18)13-5-9-17(10-6-13)14(19)12-20-2/h7,11,13H,3-6,8-10,12H2,1-2H3. The van der Waals surface area contributed by atoms with Gasteiger partial charge in [-0.1, -0.05) is 13.3 Å². The first-order valence-corrected chi connectivity index (χ1v) is 8.93. The van der Waals surface area contributed by atoms with Gasteiger partial charge in [0.05, 0.1) is 5.75 Å². The van der Waals surface area contributed by atoms with Gasteiger partial charge in [-0.3, -0.25) is 4.79 Å². The monoisotopic (exact) mass is 295 g/mol. The number of aromatic nitrogens is 2. The molecule has 2 heterocycles. The number of hydrogen-bond donors (Lipinski definition) is 0. The third-order valence-electron chi connectivity index (χ3n) is 3.98. The zero-order chi connectivity index (χ0) is 14.4. The van der Waals surface area contributed by atoms with E-state index in [0.717, 1.165) is 32.5 Å². The van der Waals surface area contributed by atoms with Gasteiger partial charge in [-0.2, -0.15) is 11.8 Å². The maximum atomic E-state index is 11.9. The normalized spacial score (nSPS) is 16.6. The van der Waals surface area contributed by atoms with Gasteiger partial charge in [-0.05, 0) is 25.5 Å². The largest absolute Gasteiger partial charge is 0.342 e. The van der Waals surface area contributed by atoms with Crippen LogP contribution in [0.15, 0.2) is 12.4 Å². The molecule has 0 radical (unpaired) electrons. The molecule has 1 aromatic heterocycles. The van der Waals surface area contributed by atoms with Gasteiger partial charge in [0, 0.05) is 37.9 Å². The summed E-state index contributed by atoms with van der Waals surface area (Å²) >= 11 is 1.61. The second-order valence-corrected chi connectivity index (χ2v) is 6.29. The first-order chi connectivity index (χ1) is 9.76. The lowest BCUT2D eigenvalue weighted by Gasteiger charge is -2.32. The lowest BCUT2D eigenvalue weighted by atomic mass is 9.96. The van der Waals surface area contributed by atoms with Crippen LogP contribution in [0, 0.1) is 0 Å². The van der Waals surface area contributed by atoms with E-state index in [2.05, 4.69) is 22.7 Å². The zero-order valence-corrected chi connectivity index (χ0v) is 13.4. The summed E-state index contributed by atoms with van der Waals surface area (Å²) in [6.45, 7) is 5.04. The Balaban J connectivity index is 1.90. The number of unbranched alkanes of at least 4 members (excludes halogenated alkanes) is 1. The summed E-state index contributed by atoms with van der Waals surface area (Å²) in [5.74, 6) is 2.62. The van der Waals surface area contributed by atoms with Crippen LogP contribution < -0.4 is 0 Å². The Hall–Kier alpha value is -0.970. The molecule has 1 saturated heterocycles. The van der Waals surface area contributed by atoms with E-state index in [4.69, 9.17) is 0 Å². The van der Waals surface area contributed by atoms with Crippen LogP contribution >= 0.6 is 11.8 Å². The minimum atomic E-state index is 0.283. The molecule has 4 nitrogen and oxygen atoms in total. The van der Waals surface area contributed by atoms with Crippen LogP contribution in [0.3, 0.4) is 0 Å². The summed E-state index contributed by atoms with van der Waals surface area (Å²) in [6.07, 6.45) is 10.5.